The topological polar surface area (TPSA) is 105 Å². The van der Waals surface area contributed by atoms with E-state index in [-0.39, 0.29) is 17.0 Å². The molecule has 0 aromatic carbocycles. The molecule has 3 heterocycles. The monoisotopic (exact) mass is 308 g/mol. The number of nitrogens with one attached hydrogen (secondary N) is 1. The quantitative estimate of drug-likeness (QED) is 0.901. The number of hydrogen-bond donors (Lipinski definition) is 2. The summed E-state index contributed by atoms with van der Waals surface area (Å²) < 4.78 is 5.55. The lowest BCUT2D eigenvalue weighted by Gasteiger charge is -2.25. The molecular formula is C17H16N4O2. The highest BCUT2D eigenvalue weighted by atomic mass is 16.5. The second-order valence-corrected chi connectivity index (χ2v) is 5.36. The van der Waals surface area contributed by atoms with Crippen LogP contribution in [0.5, 0.6) is 5.75 Å². The van der Waals surface area contributed by atoms with E-state index in [0.717, 1.165) is 24.1 Å². The van der Waals surface area contributed by atoms with Crippen LogP contribution in [0.25, 0.3) is 0 Å². The summed E-state index contributed by atoms with van der Waals surface area (Å²) in [6, 6.07) is 7.42. The van der Waals surface area contributed by atoms with Crippen LogP contribution in [0.3, 0.4) is 0 Å². The van der Waals surface area contributed by atoms with E-state index in [1.165, 1.54) is 0 Å². The van der Waals surface area contributed by atoms with E-state index >= 15 is 0 Å². The number of nitrogens with two attached hydrogens (primary N) is 1. The Hall–Kier alpha value is -3.07. The molecule has 0 amide bonds. The number of fused-ring (bicyclic) bond motifs is 1. The molecule has 0 spiro atoms. The van der Waals surface area contributed by atoms with E-state index in [4.69, 9.17) is 10.5 Å². The Bertz CT molecular complexity index is 862. The van der Waals surface area contributed by atoms with Crippen LogP contribution in [0, 0.1) is 11.3 Å². The second-order valence-electron chi connectivity index (χ2n) is 5.36. The zero-order valence-corrected chi connectivity index (χ0v) is 12.7. The highest BCUT2D eigenvalue weighted by Gasteiger charge is 2.33. The SMILES string of the molecule is CCCc1cc2c(c(=O)[nH]1)C(c1cccnc1)C(C#N)=C(N)O2. The van der Waals surface area contributed by atoms with Gasteiger partial charge in [-0.15, -0.1) is 0 Å². The molecule has 6 heteroatoms. The van der Waals surface area contributed by atoms with E-state index < -0.39 is 5.92 Å². The van der Waals surface area contributed by atoms with Gasteiger partial charge in [-0.1, -0.05) is 19.4 Å². The van der Waals surface area contributed by atoms with Crippen LogP contribution in [0.4, 0.5) is 0 Å². The number of aromatic nitrogens is 2. The number of nitriles is 1. The molecule has 0 radical (unpaired) electrons. The van der Waals surface area contributed by atoms with Crippen molar-refractivity contribution in [3.8, 4) is 11.8 Å². The molecule has 1 unspecified atom stereocenters. The zero-order valence-electron chi connectivity index (χ0n) is 12.7. The van der Waals surface area contributed by atoms with E-state index in [2.05, 4.69) is 16.0 Å². The standard InChI is InChI=1S/C17H16N4O2/c1-2-4-11-7-13-15(17(22)21-11)14(10-5-3-6-20-9-10)12(8-18)16(19)23-13/h3,5-7,9,14H,2,4,19H2,1H3,(H,21,22). The number of hydrogen-bond acceptors (Lipinski definition) is 5. The first kappa shape index (κ1) is 14.9. The molecule has 2 aromatic heterocycles. The Morgan fingerprint density at radius 1 is 1.52 bits per heavy atom. The van der Waals surface area contributed by atoms with E-state index in [0.29, 0.717) is 11.3 Å². The lowest BCUT2D eigenvalue weighted by Crippen LogP contribution is -2.28. The van der Waals surface area contributed by atoms with Gasteiger partial charge in [0.2, 0.25) is 5.88 Å². The summed E-state index contributed by atoms with van der Waals surface area (Å²) >= 11 is 0. The highest BCUT2D eigenvalue weighted by molar-refractivity contribution is 5.54. The van der Waals surface area contributed by atoms with Gasteiger partial charge in [-0.05, 0) is 18.1 Å². The Kier molecular flexibility index (Phi) is 3.85. The first-order valence-corrected chi connectivity index (χ1v) is 7.39. The van der Waals surface area contributed by atoms with Crippen LogP contribution in [0.15, 0.2) is 46.8 Å². The van der Waals surface area contributed by atoms with Crippen molar-refractivity contribution < 1.29 is 4.74 Å². The van der Waals surface area contributed by atoms with Gasteiger partial charge in [-0.25, -0.2) is 0 Å². The third-order valence-electron chi connectivity index (χ3n) is 3.81. The van der Waals surface area contributed by atoms with Crippen molar-refractivity contribution in [2.75, 3.05) is 0 Å². The van der Waals surface area contributed by atoms with Crippen LogP contribution >= 0.6 is 0 Å². The van der Waals surface area contributed by atoms with E-state index in [1.807, 2.05) is 13.0 Å². The number of rotatable bonds is 3. The fourth-order valence-electron chi connectivity index (χ4n) is 2.82. The summed E-state index contributed by atoms with van der Waals surface area (Å²) in [7, 11) is 0. The molecule has 0 bridgehead atoms. The molecule has 116 valence electrons. The van der Waals surface area contributed by atoms with Crippen molar-refractivity contribution in [1.82, 2.24) is 9.97 Å². The number of pyridine rings is 2. The van der Waals surface area contributed by atoms with E-state index in [1.54, 1.807) is 24.5 Å². The minimum Gasteiger partial charge on any atom is -0.440 e. The first-order chi connectivity index (χ1) is 11.2. The van der Waals surface area contributed by atoms with E-state index in [9.17, 15) is 10.1 Å². The average molecular weight is 308 g/mol. The van der Waals surface area contributed by atoms with Crippen LogP contribution < -0.4 is 16.0 Å². The van der Waals surface area contributed by atoms with Crippen molar-refractivity contribution in [3.05, 3.63) is 69.2 Å². The fraction of sp³-hybridized carbons (Fsp3) is 0.235. The molecule has 3 N–H and O–H groups in total. The predicted molar refractivity (Wildman–Crippen MR) is 84.6 cm³/mol. The van der Waals surface area contributed by atoms with Crippen LogP contribution in [-0.4, -0.2) is 9.97 Å². The number of aryl methyl sites for hydroxylation is 1. The fourth-order valence-corrected chi connectivity index (χ4v) is 2.82. The minimum absolute atomic E-state index is 0.0295. The number of allylic oxidation sites excluding steroid dienone is 1. The zero-order chi connectivity index (χ0) is 16.4. The summed E-state index contributed by atoms with van der Waals surface area (Å²) in [4.78, 5) is 19.5. The Morgan fingerprint density at radius 2 is 2.35 bits per heavy atom. The van der Waals surface area contributed by atoms with Gasteiger partial charge in [-0.3, -0.25) is 9.78 Å². The summed E-state index contributed by atoms with van der Waals surface area (Å²) in [5.41, 5.74) is 7.77. The van der Waals surface area contributed by atoms with Gasteiger partial charge in [0.1, 0.15) is 17.4 Å². The second kappa shape index (κ2) is 5.97. The van der Waals surface area contributed by atoms with Crippen molar-refractivity contribution in [2.45, 2.75) is 25.7 Å². The predicted octanol–water partition coefficient (Wildman–Crippen LogP) is 1.94. The van der Waals surface area contributed by atoms with Gasteiger partial charge in [0.25, 0.3) is 5.56 Å². The maximum Gasteiger partial charge on any atom is 0.256 e. The summed E-state index contributed by atoms with van der Waals surface area (Å²) in [6.45, 7) is 2.03. The van der Waals surface area contributed by atoms with Gasteiger partial charge in [0.15, 0.2) is 0 Å². The maximum absolute atomic E-state index is 12.6. The molecule has 0 saturated carbocycles. The van der Waals surface area contributed by atoms with Gasteiger partial charge in [0, 0.05) is 24.2 Å². The molecule has 1 aliphatic heterocycles. The Morgan fingerprint density at radius 3 is 3.00 bits per heavy atom. The van der Waals surface area contributed by atoms with Crippen LogP contribution in [0.2, 0.25) is 0 Å². The largest absolute Gasteiger partial charge is 0.440 e. The van der Waals surface area contributed by atoms with Crippen LogP contribution in [-0.2, 0) is 6.42 Å². The van der Waals surface area contributed by atoms with Crippen molar-refractivity contribution >= 4 is 0 Å². The normalized spacial score (nSPS) is 16.4. The molecule has 3 rings (SSSR count). The molecular weight excluding hydrogens is 292 g/mol. The first-order valence-electron chi connectivity index (χ1n) is 7.39. The lowest BCUT2D eigenvalue weighted by atomic mass is 9.85. The summed E-state index contributed by atoms with van der Waals surface area (Å²) in [5.74, 6) is -0.138. The molecule has 6 nitrogen and oxygen atoms in total. The smallest absolute Gasteiger partial charge is 0.256 e. The average Bonchev–Trinajstić information content (AvgIpc) is 2.54. The molecule has 1 atom stereocenters. The molecule has 0 aliphatic carbocycles. The van der Waals surface area contributed by atoms with Crippen molar-refractivity contribution in [3.63, 3.8) is 0 Å². The summed E-state index contributed by atoms with van der Waals surface area (Å²) in [5, 5.41) is 9.45. The van der Waals surface area contributed by atoms with Crippen molar-refractivity contribution in [2.24, 2.45) is 5.73 Å². The molecule has 1 aliphatic rings. The third kappa shape index (κ3) is 2.57. The van der Waals surface area contributed by atoms with Gasteiger partial charge < -0.3 is 15.5 Å². The van der Waals surface area contributed by atoms with Gasteiger partial charge in [-0.2, -0.15) is 5.26 Å². The molecule has 2 aromatic rings. The number of nitrogens with zero attached hydrogens (tertiary/aromatic N) is 2. The number of aromatic amines is 1. The summed E-state index contributed by atoms with van der Waals surface area (Å²) in [6.07, 6.45) is 4.90. The lowest BCUT2D eigenvalue weighted by molar-refractivity contribution is 0.391. The maximum atomic E-state index is 12.6. The third-order valence-corrected chi connectivity index (χ3v) is 3.81. The minimum atomic E-state index is -0.572. The number of H-pyrrole nitrogens is 1. The highest BCUT2D eigenvalue weighted by Crippen LogP contribution is 2.39. The Labute approximate surface area is 133 Å². The number of ether oxygens (including phenoxy) is 1. The molecule has 23 heavy (non-hydrogen) atoms. The van der Waals surface area contributed by atoms with Crippen molar-refractivity contribution in [1.29, 1.82) is 5.26 Å². The molecule has 0 fully saturated rings. The molecule has 0 saturated heterocycles. The van der Waals surface area contributed by atoms with Crippen LogP contribution in [0.1, 0.15) is 36.1 Å². The Balaban J connectivity index is 2.24. The van der Waals surface area contributed by atoms with Gasteiger partial charge >= 0.3 is 0 Å². The van der Waals surface area contributed by atoms with Gasteiger partial charge in [0.05, 0.1) is 11.5 Å².